The van der Waals surface area contributed by atoms with E-state index in [0.717, 1.165) is 30.3 Å². The second kappa shape index (κ2) is 37.8. The van der Waals surface area contributed by atoms with Crippen molar-refractivity contribution < 1.29 is 0 Å². The summed E-state index contributed by atoms with van der Waals surface area (Å²) in [6.45, 7) is 22.0. The van der Waals surface area contributed by atoms with Crippen LogP contribution in [0.5, 0.6) is 0 Å². The first-order chi connectivity index (χ1) is 45.6. The van der Waals surface area contributed by atoms with Gasteiger partial charge in [0.25, 0.3) is 0 Å². The van der Waals surface area contributed by atoms with Crippen LogP contribution >= 0.6 is 24.2 Å². The molecule has 6 aromatic carbocycles. The Hall–Kier alpha value is -3.71. The van der Waals surface area contributed by atoms with E-state index in [-0.39, 0.29) is 0 Å². The van der Waals surface area contributed by atoms with E-state index < -0.39 is 24.2 Å². The number of nitrogens with zero attached hydrogens (tertiary/aromatic N) is 8. The minimum Gasteiger partial charge on any atom is -0.309 e. The fourth-order valence-corrected chi connectivity index (χ4v) is 25.3. The van der Waals surface area contributed by atoms with Crippen molar-refractivity contribution in [3.63, 3.8) is 0 Å². The molecule has 9 atom stereocenters. The lowest BCUT2D eigenvalue weighted by atomic mass is 9.62. The van der Waals surface area contributed by atoms with Gasteiger partial charge < -0.3 is 24.5 Å². The zero-order chi connectivity index (χ0) is 69.8. The first-order valence-corrected chi connectivity index (χ1v) is 40.6. The van der Waals surface area contributed by atoms with Crippen molar-refractivity contribution in [3.8, 4) is 0 Å². The Morgan fingerprint density at radius 2 is 0.719 bits per heavy atom. The summed E-state index contributed by atoms with van der Waals surface area (Å²) in [7, 11) is 27.7. The molecule has 6 aromatic rings. The molecule has 9 unspecified atom stereocenters. The molecule has 0 N–H and O–H groups in total. The van der Waals surface area contributed by atoms with Crippen molar-refractivity contribution in [1.82, 2.24) is 38.5 Å². The number of hydrogen-bond acceptors (Lipinski definition) is 8. The van der Waals surface area contributed by atoms with Crippen molar-refractivity contribution in [2.24, 2.45) is 39.4 Å². The zero-order valence-corrected chi connectivity index (χ0v) is 66.7. The Balaban J connectivity index is 0.000000185. The van der Waals surface area contributed by atoms with Crippen LogP contribution in [0.2, 0.25) is 0 Å². The summed E-state index contributed by atoms with van der Waals surface area (Å²) in [5.74, 6) is 2.31. The second-order valence-corrected chi connectivity index (χ2v) is 40.0. The molecule has 4 aliphatic rings. The molecule has 4 saturated carbocycles. The van der Waals surface area contributed by atoms with Gasteiger partial charge in [0.15, 0.2) is 0 Å². The normalized spacial score (nSPS) is 25.4. The molecule has 10 rings (SSSR count). The first kappa shape index (κ1) is 79.6. The zero-order valence-electron chi connectivity index (χ0n) is 64.0. The van der Waals surface area contributed by atoms with Crippen LogP contribution in [0.15, 0.2) is 182 Å². The Kier molecular flexibility index (Phi) is 31.4. The third kappa shape index (κ3) is 24.3. The predicted molar refractivity (Wildman–Crippen MR) is 428 cm³/mol. The van der Waals surface area contributed by atoms with E-state index in [2.05, 4.69) is 361 Å². The average molecular weight is 1360 g/mol. The van der Waals surface area contributed by atoms with Crippen LogP contribution in [-0.4, -0.2) is 180 Å². The van der Waals surface area contributed by atoms with Crippen LogP contribution < -0.4 is 31.8 Å². The van der Waals surface area contributed by atoms with Gasteiger partial charge in [-0.25, -0.2) is 0 Å². The van der Waals surface area contributed by atoms with Gasteiger partial charge in [0.05, 0.1) is 0 Å². The standard InChI is InChI=1S/C26H39N2P.C25H37N2P.C22H31N2P.C12H26N2/c1-21(2)24-17-18-26(3,20-27(4)5)19-25(24)28(6)29(22-13-9-7-10-14-22)23-15-11-8-12-16-23;1-24(2)17-21(18-25(3,19-24)20-26(4)5)27(6)28(22-13-9-7-10-14-22)23-15-11-8-12-16-23;1-23(2)18-19-11-10-12-20(17-19)24(3)25(21-13-6-4-7-14-21)22-15-8-5-9-16-22;1-12(10-13(2)3)8-6-7-11(9-12)14(4)5/h7-16,21,24-25H,17-20H2,1-6H3;7-16,21H,17-20H2,1-6H3;4-9,13-16,19-20H,10-12,17-18H2,1-3H3;11H,6-10H2,1-5H3. The summed E-state index contributed by atoms with van der Waals surface area (Å²) in [6.07, 6.45) is 18.7. The molecule has 0 heterocycles. The van der Waals surface area contributed by atoms with E-state index in [4.69, 9.17) is 0 Å². The van der Waals surface area contributed by atoms with Gasteiger partial charge in [0, 0.05) is 74.6 Å². The lowest BCUT2D eigenvalue weighted by Gasteiger charge is -2.51. The highest BCUT2D eigenvalue weighted by atomic mass is 31.1. The molecular formula is C85H133N8P3. The van der Waals surface area contributed by atoms with Gasteiger partial charge >= 0.3 is 0 Å². The fourth-order valence-electron chi connectivity index (χ4n) is 17.9. The topological polar surface area (TPSA) is 25.9 Å². The molecule has 0 saturated heterocycles. The molecule has 0 amide bonds. The molecular weight excluding hydrogens is 1230 g/mol. The van der Waals surface area contributed by atoms with Crippen LogP contribution in [-0.2, 0) is 0 Å². The van der Waals surface area contributed by atoms with Crippen molar-refractivity contribution in [2.75, 3.05) is 118 Å². The molecule has 0 spiro atoms. The third-order valence-electron chi connectivity index (χ3n) is 21.3. The largest absolute Gasteiger partial charge is 0.309 e. The van der Waals surface area contributed by atoms with E-state index in [1.54, 1.807) is 0 Å². The number of rotatable bonds is 22. The molecule has 0 aliphatic heterocycles. The van der Waals surface area contributed by atoms with Crippen LogP contribution in [0.1, 0.15) is 138 Å². The molecule has 96 heavy (non-hydrogen) atoms. The highest BCUT2D eigenvalue weighted by Crippen LogP contribution is 2.53. The van der Waals surface area contributed by atoms with Gasteiger partial charge in [-0.2, -0.15) is 0 Å². The van der Waals surface area contributed by atoms with Gasteiger partial charge in [-0.1, -0.05) is 243 Å². The number of hydrogen-bond donors (Lipinski definition) is 0. The van der Waals surface area contributed by atoms with Crippen molar-refractivity contribution >= 4 is 56.0 Å². The number of benzene rings is 6. The van der Waals surface area contributed by atoms with E-state index in [1.165, 1.54) is 141 Å². The van der Waals surface area contributed by atoms with Crippen LogP contribution in [0.25, 0.3) is 0 Å². The summed E-state index contributed by atoms with van der Waals surface area (Å²) in [5.41, 5.74) is 1.66. The van der Waals surface area contributed by atoms with Gasteiger partial charge in [-0.15, -0.1) is 0 Å². The Bertz CT molecular complexity index is 2960. The lowest BCUT2D eigenvalue weighted by Crippen LogP contribution is -2.49. The molecule has 4 aliphatic carbocycles. The molecule has 8 nitrogen and oxygen atoms in total. The second-order valence-electron chi connectivity index (χ2n) is 33.1. The smallest absolute Gasteiger partial charge is 0.0281 e. The van der Waals surface area contributed by atoms with Crippen molar-refractivity contribution in [1.29, 1.82) is 0 Å². The van der Waals surface area contributed by atoms with Gasteiger partial charge in [0.1, 0.15) is 0 Å². The van der Waals surface area contributed by atoms with E-state index in [0.29, 0.717) is 39.8 Å². The van der Waals surface area contributed by atoms with Crippen LogP contribution in [0.3, 0.4) is 0 Å². The maximum absolute atomic E-state index is 2.76. The Labute approximate surface area is 592 Å². The Morgan fingerprint density at radius 1 is 0.365 bits per heavy atom. The summed E-state index contributed by atoms with van der Waals surface area (Å²) in [4.78, 5) is 11.8. The molecule has 0 bridgehead atoms. The fraction of sp³-hybridized carbons (Fsp3) is 0.576. The molecule has 4 fully saturated rings. The molecule has 0 aromatic heterocycles. The van der Waals surface area contributed by atoms with Crippen molar-refractivity contribution in [2.45, 2.75) is 163 Å². The van der Waals surface area contributed by atoms with Crippen molar-refractivity contribution in [3.05, 3.63) is 182 Å². The quantitative estimate of drug-likeness (QED) is 0.0621. The Morgan fingerprint density at radius 3 is 1.09 bits per heavy atom. The minimum absolute atomic E-state index is 0.360. The highest BCUT2D eigenvalue weighted by molar-refractivity contribution is 7.71. The third-order valence-corrected chi connectivity index (χ3v) is 28.9. The molecule has 0 radical (unpaired) electrons. The van der Waals surface area contributed by atoms with Crippen LogP contribution in [0.4, 0.5) is 0 Å². The summed E-state index contributed by atoms with van der Waals surface area (Å²) in [6, 6.07) is 69.4. The maximum Gasteiger partial charge on any atom is 0.0281 e. The van der Waals surface area contributed by atoms with Gasteiger partial charge in [0.2, 0.25) is 0 Å². The minimum atomic E-state index is -0.528. The summed E-state index contributed by atoms with van der Waals surface area (Å²) in [5, 5.41) is 8.73. The van der Waals surface area contributed by atoms with E-state index >= 15 is 0 Å². The molecule has 528 valence electrons. The molecule has 11 heteroatoms. The predicted octanol–water partition coefficient (Wildman–Crippen LogP) is 16.6. The lowest BCUT2D eigenvalue weighted by molar-refractivity contribution is 0.0336. The SMILES string of the molecule is CC(C)C1CCC(C)(CN(C)C)CC1N(C)P(c1ccccc1)c1ccccc1.CN(C)CC1(C)CC(N(C)P(c2ccccc2)c2ccccc2)CC(C)(C)C1.CN(C)CC1(C)CCCC(N(C)C)C1.CN(C)CC1CCCC(N(C)P(c2ccccc2)c2ccccc2)C1. The van der Waals surface area contributed by atoms with Gasteiger partial charge in [-0.05, 0) is 240 Å². The summed E-state index contributed by atoms with van der Waals surface area (Å²) < 4.78 is 8.17. The maximum atomic E-state index is 2.76. The monoisotopic (exact) mass is 1360 g/mol. The first-order valence-electron chi connectivity index (χ1n) is 36.7. The van der Waals surface area contributed by atoms with E-state index in [9.17, 15) is 0 Å². The van der Waals surface area contributed by atoms with E-state index in [1.807, 2.05) is 0 Å². The summed E-state index contributed by atoms with van der Waals surface area (Å²) >= 11 is 0. The highest BCUT2D eigenvalue weighted by Gasteiger charge is 2.45. The average Bonchev–Trinajstić information content (AvgIpc) is 0.790. The van der Waals surface area contributed by atoms with Gasteiger partial charge in [-0.3, -0.25) is 14.0 Å². The van der Waals surface area contributed by atoms with Crippen LogP contribution in [0, 0.1) is 39.4 Å².